The Morgan fingerprint density at radius 1 is 0.593 bits per heavy atom. The maximum atomic E-state index is 16.6. The minimum atomic E-state index is -1.71. The molecule has 0 amide bonds. The predicted octanol–water partition coefficient (Wildman–Crippen LogP) is 9.02. The monoisotopic (exact) mass is 1130 g/mol. The molecule has 0 radical (unpaired) electrons. The second kappa shape index (κ2) is 18.9. The fraction of sp³-hybridized carbons (Fsp3) is 0.891. The highest BCUT2D eigenvalue weighted by Crippen LogP contribution is 2.72. The number of fused-ring (bicyclic) bond motifs is 5. The highest BCUT2D eigenvalue weighted by molar-refractivity contribution is 5.97. The van der Waals surface area contributed by atoms with Gasteiger partial charge < -0.3 is 48.1 Å². The summed E-state index contributed by atoms with van der Waals surface area (Å²) in [4.78, 5) is 104. The lowest BCUT2D eigenvalue weighted by Crippen LogP contribution is -2.68. The zero-order valence-corrected chi connectivity index (χ0v) is 49.9. The molecule has 17 heteroatoms. The molecule has 14 rings (SSSR count). The molecule has 16 unspecified atom stereocenters. The number of hydrogen-bond donors (Lipinski definition) is 2. The van der Waals surface area contributed by atoms with Gasteiger partial charge in [-0.3, -0.25) is 33.6 Å². The summed E-state index contributed by atoms with van der Waals surface area (Å²) >= 11 is 0. The molecule has 10 bridgehead atoms. The van der Waals surface area contributed by atoms with Gasteiger partial charge in [0.2, 0.25) is 12.6 Å². The summed E-state index contributed by atoms with van der Waals surface area (Å²) in [6, 6.07) is 0. The number of esters is 7. The van der Waals surface area contributed by atoms with Crippen LogP contribution in [0.25, 0.3) is 0 Å². The van der Waals surface area contributed by atoms with Crippen LogP contribution in [0.3, 0.4) is 0 Å². The van der Waals surface area contributed by atoms with E-state index in [0.29, 0.717) is 71.2 Å². The molecule has 10 saturated carbocycles. The normalized spacial score (nSPS) is 45.4. The van der Waals surface area contributed by atoms with Crippen LogP contribution < -0.4 is 0 Å². The van der Waals surface area contributed by atoms with Gasteiger partial charge in [-0.2, -0.15) is 0 Å². The first-order chi connectivity index (χ1) is 37.7. The van der Waals surface area contributed by atoms with E-state index >= 15 is 9.59 Å². The first-order valence-corrected chi connectivity index (χ1v) is 31.2. The van der Waals surface area contributed by atoms with Gasteiger partial charge in [-0.1, -0.05) is 55.4 Å². The lowest BCUT2D eigenvalue weighted by molar-refractivity contribution is -0.268. The summed E-state index contributed by atoms with van der Waals surface area (Å²) in [5.74, 6) is -5.65. The number of cyclic esters (lactones) is 3. The van der Waals surface area contributed by atoms with E-state index in [0.717, 1.165) is 32.1 Å². The van der Waals surface area contributed by atoms with E-state index in [2.05, 4.69) is 20.8 Å². The quantitative estimate of drug-likeness (QED) is 0.0833. The van der Waals surface area contributed by atoms with Crippen LogP contribution in [0, 0.1) is 97.1 Å². The average Bonchev–Trinajstić information content (AvgIpc) is 3.70. The van der Waals surface area contributed by atoms with Crippen LogP contribution in [0.1, 0.15) is 204 Å². The second-order valence-corrected chi connectivity index (χ2v) is 32.0. The van der Waals surface area contributed by atoms with Crippen molar-refractivity contribution >= 4 is 41.8 Å². The van der Waals surface area contributed by atoms with Crippen LogP contribution in [-0.2, 0) is 71.5 Å². The molecule has 16 atom stereocenters. The van der Waals surface area contributed by atoms with Crippen molar-refractivity contribution in [3.8, 4) is 0 Å². The fourth-order valence-electron chi connectivity index (χ4n) is 22.1. The molecule has 0 aromatic carbocycles. The van der Waals surface area contributed by atoms with Crippen molar-refractivity contribution in [3.63, 3.8) is 0 Å². The van der Waals surface area contributed by atoms with Crippen LogP contribution in [-0.4, -0.2) is 107 Å². The Bertz CT molecular complexity index is 2560. The maximum Gasteiger partial charge on any atom is 0.318 e. The van der Waals surface area contributed by atoms with Gasteiger partial charge in [-0.15, -0.1) is 0 Å². The molecular weight excluding hydrogens is 1040 g/mol. The Morgan fingerprint density at radius 3 is 1.63 bits per heavy atom. The minimum absolute atomic E-state index is 0.0404. The summed E-state index contributed by atoms with van der Waals surface area (Å²) in [5.41, 5.74) is -13.7. The van der Waals surface area contributed by atoms with E-state index in [1.54, 1.807) is 27.7 Å². The molecule has 450 valence electrons. The molecular formula is C64H92O17. The van der Waals surface area contributed by atoms with Crippen LogP contribution >= 0.6 is 0 Å². The Morgan fingerprint density at radius 2 is 1.12 bits per heavy atom. The van der Waals surface area contributed by atoms with E-state index in [1.165, 1.54) is 0 Å². The van der Waals surface area contributed by atoms with Crippen molar-refractivity contribution < 1.29 is 81.7 Å². The first kappa shape index (κ1) is 57.7. The third-order valence-electron chi connectivity index (χ3n) is 25.1. The van der Waals surface area contributed by atoms with Gasteiger partial charge in [0.15, 0.2) is 0 Å². The summed E-state index contributed by atoms with van der Waals surface area (Å²) in [6.45, 7) is 20.8. The summed E-state index contributed by atoms with van der Waals surface area (Å²) in [5, 5.41) is 24.0. The SMILES string of the molecule is CC1C(=O)OC(=O)C1C(C)(C)C(C)(CC(C)(C)C(C)(CC(C)(C)C1C(C)C2CC1C1COC(=O)C21)C(=O)OC12CC3CC(O)(CC(O)(C3)C1)C2)C(=O)OC12CC3CC(C(=O)OC4CCCCO4)(C1)CC(C(=O)OC1CCCCO1)(C3)C2. The van der Waals surface area contributed by atoms with Crippen LogP contribution in [0.15, 0.2) is 0 Å². The number of carbonyl (C=O) groups is 7. The molecule has 4 saturated heterocycles. The molecule has 17 nitrogen and oxygen atoms in total. The first-order valence-electron chi connectivity index (χ1n) is 31.2. The Hall–Kier alpha value is -3.67. The highest BCUT2D eigenvalue weighted by Gasteiger charge is 2.74. The molecule has 10 aliphatic carbocycles. The third kappa shape index (κ3) is 9.10. The zero-order chi connectivity index (χ0) is 58.1. The topological polar surface area (TPSA) is 234 Å². The summed E-state index contributed by atoms with van der Waals surface area (Å²) in [7, 11) is 0. The van der Waals surface area contributed by atoms with Crippen molar-refractivity contribution in [1.82, 2.24) is 0 Å². The number of hydrogen-bond acceptors (Lipinski definition) is 17. The van der Waals surface area contributed by atoms with Gasteiger partial charge in [0.1, 0.15) is 11.2 Å². The van der Waals surface area contributed by atoms with Crippen molar-refractivity contribution in [2.45, 2.75) is 239 Å². The minimum Gasteiger partial charge on any atom is -0.465 e. The van der Waals surface area contributed by atoms with E-state index in [1.807, 2.05) is 20.8 Å². The van der Waals surface area contributed by atoms with Crippen LogP contribution in [0.5, 0.6) is 0 Å². The number of rotatable bonds is 16. The van der Waals surface area contributed by atoms with Crippen molar-refractivity contribution in [3.05, 3.63) is 0 Å². The Balaban J connectivity index is 0.929. The molecule has 0 aromatic heterocycles. The van der Waals surface area contributed by atoms with Gasteiger partial charge in [-0.05, 0) is 155 Å². The molecule has 4 heterocycles. The highest BCUT2D eigenvalue weighted by atomic mass is 16.7. The average molecular weight is 1130 g/mol. The Labute approximate surface area is 477 Å². The molecule has 4 aliphatic heterocycles. The Kier molecular flexibility index (Phi) is 13.5. The van der Waals surface area contributed by atoms with E-state index in [9.17, 15) is 34.2 Å². The standard InChI is InChI=1S/C64H92O17/c1-35-39-19-40(41-26-76-48(66)44(39)41)45(35)54(3,4)27-57(9,50(68)80-64-25-38-22-61(72,33-64)32-62(73,23-38)34-64)55(5,6)28-58(10,56(7,8)46-36(2)47(65)79-49(46)67)51(69)81-63-24-37-20-59(30-63,52(70)77-42-15-11-13-17-74-42)29-60(21-37,31-63)53(71)78-43-16-12-14-18-75-43/h35-46,72-73H,11-34H2,1-10H3. The zero-order valence-electron chi connectivity index (χ0n) is 49.9. The van der Waals surface area contributed by atoms with Crippen molar-refractivity contribution in [1.29, 1.82) is 0 Å². The van der Waals surface area contributed by atoms with Crippen LogP contribution in [0.2, 0.25) is 0 Å². The fourth-order valence-corrected chi connectivity index (χ4v) is 22.1. The smallest absolute Gasteiger partial charge is 0.318 e. The third-order valence-corrected chi connectivity index (χ3v) is 25.1. The number of carbonyl (C=O) groups excluding carboxylic acids is 7. The van der Waals surface area contributed by atoms with E-state index in [-0.39, 0.29) is 105 Å². The molecule has 81 heavy (non-hydrogen) atoms. The lowest BCUT2D eigenvalue weighted by Gasteiger charge is -2.64. The molecule has 0 spiro atoms. The summed E-state index contributed by atoms with van der Waals surface area (Å²) < 4.78 is 49.6. The lowest BCUT2D eigenvalue weighted by atomic mass is 9.42. The molecule has 14 aliphatic rings. The van der Waals surface area contributed by atoms with Gasteiger partial charge >= 0.3 is 41.8 Å². The molecule has 0 aromatic rings. The molecule has 2 N–H and O–H groups in total. The molecule has 14 fully saturated rings. The number of ether oxygens (including phenoxy) is 8. The van der Waals surface area contributed by atoms with Crippen LogP contribution in [0.4, 0.5) is 0 Å². The van der Waals surface area contributed by atoms with Gasteiger partial charge in [-0.25, -0.2) is 0 Å². The largest absolute Gasteiger partial charge is 0.465 e. The van der Waals surface area contributed by atoms with Gasteiger partial charge in [0.25, 0.3) is 0 Å². The van der Waals surface area contributed by atoms with Gasteiger partial charge in [0.05, 0.1) is 70.4 Å². The number of aliphatic hydroxyl groups is 2. The van der Waals surface area contributed by atoms with E-state index < -0.39 is 121 Å². The van der Waals surface area contributed by atoms with Crippen molar-refractivity contribution in [2.24, 2.45) is 97.1 Å². The van der Waals surface area contributed by atoms with E-state index in [4.69, 9.17) is 37.9 Å². The maximum absolute atomic E-state index is 16.6. The van der Waals surface area contributed by atoms with Gasteiger partial charge in [0, 0.05) is 50.9 Å². The van der Waals surface area contributed by atoms with Crippen molar-refractivity contribution in [2.75, 3.05) is 19.8 Å². The summed E-state index contributed by atoms with van der Waals surface area (Å²) in [6.07, 6.45) is 7.78. The predicted molar refractivity (Wildman–Crippen MR) is 287 cm³/mol. The second-order valence-electron chi connectivity index (χ2n) is 32.0.